The van der Waals surface area contributed by atoms with Gasteiger partial charge < -0.3 is 5.73 Å². The van der Waals surface area contributed by atoms with Crippen molar-refractivity contribution in [3.05, 3.63) is 16.1 Å². The molecule has 1 aromatic rings. The van der Waals surface area contributed by atoms with Crippen molar-refractivity contribution in [2.45, 2.75) is 12.7 Å². The van der Waals surface area contributed by atoms with Crippen LogP contribution in [0, 0.1) is 0 Å². The highest BCUT2D eigenvalue weighted by atomic mass is 32.1. The van der Waals surface area contributed by atoms with E-state index in [0.717, 1.165) is 5.51 Å². The fraction of sp³-hybridized carbons (Fsp3) is 0.400. The van der Waals surface area contributed by atoms with Gasteiger partial charge in [-0.15, -0.1) is 11.3 Å². The number of halogens is 3. The van der Waals surface area contributed by atoms with Crippen molar-refractivity contribution < 1.29 is 13.2 Å². The van der Waals surface area contributed by atoms with E-state index in [9.17, 15) is 13.2 Å². The van der Waals surface area contributed by atoms with Crippen LogP contribution < -0.4 is 5.73 Å². The van der Waals surface area contributed by atoms with Crippen molar-refractivity contribution >= 4 is 11.3 Å². The van der Waals surface area contributed by atoms with E-state index < -0.39 is 11.1 Å². The van der Waals surface area contributed by atoms with E-state index in [1.807, 2.05) is 0 Å². The third-order valence-corrected chi connectivity index (χ3v) is 2.01. The van der Waals surface area contributed by atoms with E-state index in [-0.39, 0.29) is 12.2 Å². The summed E-state index contributed by atoms with van der Waals surface area (Å²) in [5.41, 5.74) is 6.10. The second-order valence-corrected chi connectivity index (χ2v) is 2.68. The van der Waals surface area contributed by atoms with Crippen LogP contribution in [0.4, 0.5) is 13.2 Å². The summed E-state index contributed by atoms with van der Waals surface area (Å²) < 4.78 is 36.0. The maximum atomic E-state index is 12.0. The fourth-order valence-corrected chi connectivity index (χ4v) is 1.34. The van der Waals surface area contributed by atoms with Crippen LogP contribution in [0.25, 0.3) is 0 Å². The van der Waals surface area contributed by atoms with Crippen LogP contribution in [-0.2, 0) is 12.7 Å². The molecule has 1 rings (SSSR count). The molecule has 0 aromatic carbocycles. The predicted molar refractivity (Wildman–Crippen MR) is 35.0 cm³/mol. The molecule has 0 atom stereocenters. The molecule has 0 spiro atoms. The number of hydrogen-bond donors (Lipinski definition) is 1. The van der Waals surface area contributed by atoms with E-state index in [2.05, 4.69) is 4.98 Å². The van der Waals surface area contributed by atoms with Crippen LogP contribution >= 0.6 is 11.3 Å². The lowest BCUT2D eigenvalue weighted by molar-refractivity contribution is -0.135. The molecule has 1 heterocycles. The maximum Gasteiger partial charge on any atom is 0.427 e. The first kappa shape index (κ1) is 8.48. The van der Waals surface area contributed by atoms with Crippen LogP contribution in [0.15, 0.2) is 5.51 Å². The summed E-state index contributed by atoms with van der Waals surface area (Å²) in [7, 11) is 0. The lowest BCUT2D eigenvalue weighted by Crippen LogP contribution is -2.09. The first-order chi connectivity index (χ1) is 5.05. The summed E-state index contributed by atoms with van der Waals surface area (Å²) >= 11 is 0.565. The summed E-state index contributed by atoms with van der Waals surface area (Å²) in [4.78, 5) is 2.78. The molecule has 0 aliphatic heterocycles. The molecule has 11 heavy (non-hydrogen) atoms. The summed E-state index contributed by atoms with van der Waals surface area (Å²) in [6.45, 7) is -0.168. The van der Waals surface area contributed by atoms with Gasteiger partial charge in [-0.3, -0.25) is 0 Å². The highest BCUT2D eigenvalue weighted by Gasteiger charge is 2.35. The van der Waals surface area contributed by atoms with Crippen molar-refractivity contribution in [3.63, 3.8) is 0 Å². The average molecular weight is 182 g/mol. The Morgan fingerprint density at radius 3 is 2.55 bits per heavy atom. The minimum atomic E-state index is -4.31. The average Bonchev–Trinajstić information content (AvgIpc) is 2.31. The zero-order valence-corrected chi connectivity index (χ0v) is 6.17. The lowest BCUT2D eigenvalue weighted by Gasteiger charge is -2.03. The Balaban J connectivity index is 3.02. The van der Waals surface area contributed by atoms with Gasteiger partial charge in [-0.05, 0) is 0 Å². The summed E-state index contributed by atoms with van der Waals surface area (Å²) in [5, 5.41) is 0. The van der Waals surface area contributed by atoms with Crippen LogP contribution in [0.2, 0.25) is 0 Å². The van der Waals surface area contributed by atoms with Gasteiger partial charge in [0, 0.05) is 6.54 Å². The Labute approximate surface area is 64.9 Å². The molecule has 6 heteroatoms. The van der Waals surface area contributed by atoms with Gasteiger partial charge >= 0.3 is 6.18 Å². The predicted octanol–water partition coefficient (Wildman–Crippen LogP) is 1.62. The maximum absolute atomic E-state index is 12.0. The second kappa shape index (κ2) is 2.78. The quantitative estimate of drug-likeness (QED) is 0.716. The van der Waals surface area contributed by atoms with Crippen LogP contribution in [0.3, 0.4) is 0 Å². The Bertz CT molecular complexity index is 242. The van der Waals surface area contributed by atoms with E-state index in [4.69, 9.17) is 5.73 Å². The number of hydrogen-bond acceptors (Lipinski definition) is 3. The molecule has 0 unspecified atom stereocenters. The van der Waals surface area contributed by atoms with Crippen LogP contribution in [0.1, 0.15) is 10.6 Å². The molecular formula is C5H5F3N2S. The van der Waals surface area contributed by atoms with E-state index in [1.165, 1.54) is 0 Å². The van der Waals surface area contributed by atoms with Gasteiger partial charge in [0.2, 0.25) is 0 Å². The summed E-state index contributed by atoms with van der Waals surface area (Å²) in [6, 6.07) is 0. The standard InChI is InChI=1S/C5H5F3N2S/c6-5(7,8)4-3(1-9)10-2-11-4/h2H,1,9H2. The van der Waals surface area contributed by atoms with Crippen molar-refractivity contribution in [1.29, 1.82) is 0 Å². The SMILES string of the molecule is NCc1ncsc1C(F)(F)F. The molecule has 0 aliphatic carbocycles. The molecule has 0 radical (unpaired) electrons. The number of alkyl halides is 3. The van der Waals surface area contributed by atoms with E-state index >= 15 is 0 Å². The number of thiazole rings is 1. The minimum Gasteiger partial charge on any atom is -0.325 e. The van der Waals surface area contributed by atoms with Gasteiger partial charge in [0.05, 0.1) is 11.2 Å². The van der Waals surface area contributed by atoms with E-state index in [1.54, 1.807) is 0 Å². The van der Waals surface area contributed by atoms with Crippen molar-refractivity contribution in [2.75, 3.05) is 0 Å². The molecule has 1 aromatic heterocycles. The van der Waals surface area contributed by atoms with Crippen molar-refractivity contribution in [2.24, 2.45) is 5.73 Å². The first-order valence-electron chi connectivity index (χ1n) is 2.75. The lowest BCUT2D eigenvalue weighted by atomic mass is 10.3. The molecule has 0 bridgehead atoms. The van der Waals surface area contributed by atoms with Crippen molar-refractivity contribution in [1.82, 2.24) is 4.98 Å². The Kier molecular flexibility index (Phi) is 2.15. The molecule has 0 aliphatic rings. The summed E-state index contributed by atoms with van der Waals surface area (Å²) in [6.07, 6.45) is -4.31. The number of nitrogens with two attached hydrogens (primary N) is 1. The molecule has 2 nitrogen and oxygen atoms in total. The largest absolute Gasteiger partial charge is 0.427 e. The molecule has 62 valence electrons. The van der Waals surface area contributed by atoms with Gasteiger partial charge in [0.1, 0.15) is 4.88 Å². The van der Waals surface area contributed by atoms with Crippen molar-refractivity contribution in [3.8, 4) is 0 Å². The van der Waals surface area contributed by atoms with Gasteiger partial charge in [-0.2, -0.15) is 13.2 Å². The zero-order valence-electron chi connectivity index (χ0n) is 5.35. The number of aromatic nitrogens is 1. The highest BCUT2D eigenvalue weighted by molar-refractivity contribution is 7.09. The Morgan fingerprint density at radius 1 is 1.55 bits per heavy atom. The Hall–Kier alpha value is -0.620. The normalized spacial score (nSPS) is 12.0. The van der Waals surface area contributed by atoms with Crippen LogP contribution in [-0.4, -0.2) is 4.98 Å². The molecule has 0 fully saturated rings. The minimum absolute atomic E-state index is 0.0810. The van der Waals surface area contributed by atoms with E-state index in [0.29, 0.717) is 11.3 Å². The first-order valence-corrected chi connectivity index (χ1v) is 3.63. The number of nitrogens with zero attached hydrogens (tertiary/aromatic N) is 1. The monoisotopic (exact) mass is 182 g/mol. The third kappa shape index (κ3) is 1.69. The molecular weight excluding hydrogens is 177 g/mol. The Morgan fingerprint density at radius 2 is 2.18 bits per heavy atom. The number of rotatable bonds is 1. The molecule has 0 saturated heterocycles. The van der Waals surface area contributed by atoms with Gasteiger partial charge in [0.25, 0.3) is 0 Å². The summed E-state index contributed by atoms with van der Waals surface area (Å²) in [5.74, 6) is 0. The highest BCUT2D eigenvalue weighted by Crippen LogP contribution is 2.34. The second-order valence-electron chi connectivity index (χ2n) is 1.83. The van der Waals surface area contributed by atoms with Crippen LogP contribution in [0.5, 0.6) is 0 Å². The zero-order chi connectivity index (χ0) is 8.48. The fourth-order valence-electron chi connectivity index (χ4n) is 0.645. The smallest absolute Gasteiger partial charge is 0.325 e. The third-order valence-electron chi connectivity index (χ3n) is 1.09. The van der Waals surface area contributed by atoms with Gasteiger partial charge in [-0.25, -0.2) is 4.98 Å². The molecule has 2 N–H and O–H groups in total. The van der Waals surface area contributed by atoms with Gasteiger partial charge in [-0.1, -0.05) is 0 Å². The molecule has 0 saturated carbocycles. The topological polar surface area (TPSA) is 38.9 Å². The molecule has 0 amide bonds. The van der Waals surface area contributed by atoms with Gasteiger partial charge in [0.15, 0.2) is 0 Å².